The third-order valence-electron chi connectivity index (χ3n) is 6.08. The molecule has 30 heavy (non-hydrogen) atoms. The van der Waals surface area contributed by atoms with Gasteiger partial charge in [0, 0.05) is 28.7 Å². The Morgan fingerprint density at radius 2 is 1.93 bits per heavy atom. The second-order valence-corrected chi connectivity index (χ2v) is 9.77. The van der Waals surface area contributed by atoms with Gasteiger partial charge in [-0.3, -0.25) is 9.78 Å². The van der Waals surface area contributed by atoms with Crippen molar-refractivity contribution >= 4 is 39.1 Å². The van der Waals surface area contributed by atoms with E-state index in [9.17, 15) is 18.0 Å². The van der Waals surface area contributed by atoms with Gasteiger partial charge in [-0.05, 0) is 61.4 Å². The summed E-state index contributed by atoms with van der Waals surface area (Å²) in [6.07, 6.45) is 0.207. The maximum atomic E-state index is 12.8. The molecule has 0 atom stereocenters. The van der Waals surface area contributed by atoms with E-state index in [4.69, 9.17) is 16.6 Å². The van der Waals surface area contributed by atoms with Crippen LogP contribution >= 0.6 is 22.9 Å². The smallest absolute Gasteiger partial charge is 0.349 e. The molecule has 2 fully saturated rings. The predicted molar refractivity (Wildman–Crippen MR) is 109 cm³/mol. The molecule has 0 aliphatic heterocycles. The van der Waals surface area contributed by atoms with Gasteiger partial charge in [0.15, 0.2) is 0 Å². The molecule has 2 aliphatic carbocycles. The minimum Gasteiger partial charge on any atom is -0.349 e. The molecule has 1 amide bonds. The lowest BCUT2D eigenvalue weighted by molar-refractivity contribution is -0.141. The first-order valence-corrected chi connectivity index (χ1v) is 10.8. The van der Waals surface area contributed by atoms with Crippen molar-refractivity contribution in [3.8, 4) is 0 Å². The Morgan fingerprint density at radius 1 is 1.17 bits per heavy atom. The highest BCUT2D eigenvalue weighted by Crippen LogP contribution is 2.62. The van der Waals surface area contributed by atoms with Crippen LogP contribution in [0, 0.1) is 5.41 Å². The van der Waals surface area contributed by atoms with Crippen LogP contribution in [0.5, 0.6) is 0 Å². The van der Waals surface area contributed by atoms with Crippen molar-refractivity contribution in [3.05, 3.63) is 57.8 Å². The third-order valence-corrected chi connectivity index (χ3v) is 7.51. The first-order chi connectivity index (χ1) is 14.2. The van der Waals surface area contributed by atoms with Gasteiger partial charge in [-0.15, -0.1) is 11.3 Å². The molecule has 2 aliphatic rings. The number of thiazole rings is 1. The Hall–Kier alpha value is -2.19. The number of aromatic nitrogens is 2. The summed E-state index contributed by atoms with van der Waals surface area (Å²) >= 11 is 7.74. The SMILES string of the molecule is O=C(NC1CC2(C1)CC(c1nc3cc(Cl)ccc3s1)C2)c1ccnc(C(F)(F)F)c1. The summed E-state index contributed by atoms with van der Waals surface area (Å²) in [7, 11) is 0. The summed E-state index contributed by atoms with van der Waals surface area (Å²) < 4.78 is 39.5. The highest BCUT2D eigenvalue weighted by molar-refractivity contribution is 7.18. The van der Waals surface area contributed by atoms with Gasteiger partial charge >= 0.3 is 6.18 Å². The minimum atomic E-state index is -4.57. The summed E-state index contributed by atoms with van der Waals surface area (Å²) in [5.41, 5.74) is 0.0721. The molecule has 0 bridgehead atoms. The Morgan fingerprint density at radius 3 is 2.67 bits per heavy atom. The number of amides is 1. The molecule has 156 valence electrons. The molecule has 9 heteroatoms. The normalized spacial score (nSPS) is 25.7. The van der Waals surface area contributed by atoms with Gasteiger partial charge in [-0.2, -0.15) is 13.2 Å². The Kier molecular flexibility index (Phi) is 4.56. The molecular formula is C21H17ClF3N3OS. The lowest BCUT2D eigenvalue weighted by Gasteiger charge is -2.57. The number of benzene rings is 1. The van der Waals surface area contributed by atoms with Crippen molar-refractivity contribution in [1.29, 1.82) is 0 Å². The number of nitrogens with one attached hydrogen (secondary N) is 1. The topological polar surface area (TPSA) is 54.9 Å². The van der Waals surface area contributed by atoms with Crippen LogP contribution in [0.4, 0.5) is 13.2 Å². The summed E-state index contributed by atoms with van der Waals surface area (Å²) in [5, 5.41) is 4.66. The predicted octanol–water partition coefficient (Wildman–Crippen LogP) is 5.82. The van der Waals surface area contributed by atoms with Crippen LogP contribution in [0.1, 0.15) is 52.7 Å². The number of alkyl halides is 3. The maximum Gasteiger partial charge on any atom is 0.433 e. The summed E-state index contributed by atoms with van der Waals surface area (Å²) in [4.78, 5) is 20.3. The van der Waals surface area contributed by atoms with Gasteiger partial charge in [0.1, 0.15) is 5.69 Å². The van der Waals surface area contributed by atoms with Gasteiger partial charge in [-0.1, -0.05) is 11.6 Å². The molecule has 0 radical (unpaired) electrons. The van der Waals surface area contributed by atoms with E-state index in [0.717, 1.165) is 53.2 Å². The van der Waals surface area contributed by atoms with Gasteiger partial charge < -0.3 is 5.32 Å². The van der Waals surface area contributed by atoms with Gasteiger partial charge in [0.25, 0.3) is 5.91 Å². The molecule has 2 saturated carbocycles. The van der Waals surface area contributed by atoms with Gasteiger partial charge in [0.05, 0.1) is 15.2 Å². The molecular weight excluding hydrogens is 435 g/mol. The van der Waals surface area contributed by atoms with Crippen LogP contribution in [-0.4, -0.2) is 21.9 Å². The fourth-order valence-corrected chi connectivity index (χ4v) is 5.88. The molecule has 1 aromatic carbocycles. The molecule has 0 unspecified atom stereocenters. The average molecular weight is 452 g/mol. The number of nitrogens with zero attached hydrogens (tertiary/aromatic N) is 2. The third kappa shape index (κ3) is 3.56. The number of fused-ring (bicyclic) bond motifs is 1. The standard InChI is InChI=1S/C21H17ClF3N3OS/c22-13-1-2-16-15(6-13)28-19(30-16)12-7-20(8-12)9-14(10-20)27-18(29)11-3-4-26-17(5-11)21(23,24)25/h1-6,12,14H,7-10H2,(H,27,29). The van der Waals surface area contributed by atoms with Crippen molar-refractivity contribution in [1.82, 2.24) is 15.3 Å². The fourth-order valence-electron chi connectivity index (χ4n) is 4.67. The van der Waals surface area contributed by atoms with Crippen LogP contribution in [-0.2, 0) is 6.18 Å². The number of hydrogen-bond donors (Lipinski definition) is 1. The molecule has 2 heterocycles. The molecule has 4 nitrogen and oxygen atoms in total. The number of halogens is 4. The average Bonchev–Trinajstić information content (AvgIpc) is 3.04. The van der Waals surface area contributed by atoms with Crippen LogP contribution in [0.2, 0.25) is 5.02 Å². The zero-order valence-electron chi connectivity index (χ0n) is 15.7. The quantitative estimate of drug-likeness (QED) is 0.546. The number of carbonyl (C=O) groups excluding carboxylic acids is 1. The summed E-state index contributed by atoms with van der Waals surface area (Å²) in [6, 6.07) is 7.83. The molecule has 1 spiro atoms. The van der Waals surface area contributed by atoms with Crippen LogP contribution < -0.4 is 5.32 Å². The number of rotatable bonds is 3. The second kappa shape index (κ2) is 6.92. The molecule has 5 rings (SSSR count). The fraction of sp³-hybridized carbons (Fsp3) is 0.381. The molecule has 0 saturated heterocycles. The van der Waals surface area contributed by atoms with E-state index < -0.39 is 17.8 Å². The Labute approximate surface area is 179 Å². The Balaban J connectivity index is 1.17. The van der Waals surface area contributed by atoms with Crippen molar-refractivity contribution in [2.24, 2.45) is 5.41 Å². The van der Waals surface area contributed by atoms with Crippen LogP contribution in [0.25, 0.3) is 10.2 Å². The van der Waals surface area contributed by atoms with E-state index in [0.29, 0.717) is 10.9 Å². The number of hydrogen-bond acceptors (Lipinski definition) is 4. The minimum absolute atomic E-state index is 0.00451. The van der Waals surface area contributed by atoms with Crippen molar-refractivity contribution in [3.63, 3.8) is 0 Å². The van der Waals surface area contributed by atoms with E-state index in [1.807, 2.05) is 18.2 Å². The highest BCUT2D eigenvalue weighted by atomic mass is 35.5. The van der Waals surface area contributed by atoms with Gasteiger partial charge in [-0.25, -0.2) is 4.98 Å². The van der Waals surface area contributed by atoms with E-state index in [1.54, 1.807) is 11.3 Å². The first-order valence-electron chi connectivity index (χ1n) is 9.61. The highest BCUT2D eigenvalue weighted by Gasteiger charge is 2.54. The van der Waals surface area contributed by atoms with Crippen LogP contribution in [0.15, 0.2) is 36.5 Å². The number of carbonyl (C=O) groups is 1. The van der Waals surface area contributed by atoms with E-state index in [1.165, 1.54) is 6.07 Å². The van der Waals surface area contributed by atoms with Crippen LogP contribution in [0.3, 0.4) is 0 Å². The monoisotopic (exact) mass is 451 g/mol. The second-order valence-electron chi connectivity index (χ2n) is 8.28. The first kappa shape index (κ1) is 19.8. The zero-order chi connectivity index (χ0) is 21.1. The lowest BCUT2D eigenvalue weighted by Crippen LogP contribution is -2.55. The molecule has 1 N–H and O–H groups in total. The van der Waals surface area contributed by atoms with Crippen molar-refractivity contribution in [2.75, 3.05) is 0 Å². The summed E-state index contributed by atoms with van der Waals surface area (Å²) in [6.45, 7) is 0. The van der Waals surface area contributed by atoms with E-state index in [-0.39, 0.29) is 17.0 Å². The van der Waals surface area contributed by atoms with E-state index >= 15 is 0 Å². The van der Waals surface area contributed by atoms with Crippen molar-refractivity contribution < 1.29 is 18.0 Å². The van der Waals surface area contributed by atoms with E-state index in [2.05, 4.69) is 10.3 Å². The van der Waals surface area contributed by atoms with Crippen molar-refractivity contribution in [2.45, 2.75) is 43.8 Å². The maximum absolute atomic E-state index is 12.8. The Bertz CT molecular complexity index is 1130. The lowest BCUT2D eigenvalue weighted by atomic mass is 9.50. The zero-order valence-corrected chi connectivity index (χ0v) is 17.2. The number of pyridine rings is 1. The largest absolute Gasteiger partial charge is 0.433 e. The molecule has 2 aromatic heterocycles. The molecule has 3 aromatic rings. The summed E-state index contributed by atoms with van der Waals surface area (Å²) in [5.74, 6) is -0.0611. The van der Waals surface area contributed by atoms with Gasteiger partial charge in [0.2, 0.25) is 0 Å².